The van der Waals surface area contributed by atoms with Crippen LogP contribution < -0.4 is 5.32 Å². The van der Waals surface area contributed by atoms with Gasteiger partial charge in [-0.1, -0.05) is 56.3 Å². The Bertz CT molecular complexity index is 825. The van der Waals surface area contributed by atoms with Gasteiger partial charge in [0.15, 0.2) is 0 Å². The van der Waals surface area contributed by atoms with Crippen LogP contribution in [0.15, 0.2) is 54.6 Å². The van der Waals surface area contributed by atoms with Crippen molar-refractivity contribution in [3.8, 4) is 0 Å². The van der Waals surface area contributed by atoms with Crippen molar-refractivity contribution in [3.63, 3.8) is 0 Å². The van der Waals surface area contributed by atoms with E-state index in [-0.39, 0.29) is 17.9 Å². The monoisotopic (exact) mass is 407 g/mol. The molecule has 1 atom stereocenters. The molecule has 5 nitrogen and oxygen atoms in total. The average molecular weight is 408 g/mol. The van der Waals surface area contributed by atoms with Crippen molar-refractivity contribution in [3.05, 3.63) is 71.3 Å². The Morgan fingerprint density at radius 2 is 1.53 bits per heavy atom. The number of benzene rings is 2. The molecular weight excluding hydrogens is 374 g/mol. The molecule has 160 valence electrons. The van der Waals surface area contributed by atoms with Crippen LogP contribution in [0.5, 0.6) is 0 Å². The molecule has 2 amide bonds. The van der Waals surface area contributed by atoms with Crippen LogP contribution in [-0.2, 0) is 11.3 Å². The molecule has 1 saturated heterocycles. The Morgan fingerprint density at radius 1 is 0.900 bits per heavy atom. The number of carbonyl (C=O) groups is 2. The summed E-state index contributed by atoms with van der Waals surface area (Å²) in [5, 5.41) is 2.92. The Hall–Kier alpha value is -2.66. The minimum atomic E-state index is -0.192. The zero-order valence-electron chi connectivity index (χ0n) is 18.3. The van der Waals surface area contributed by atoms with Gasteiger partial charge in [0.2, 0.25) is 5.91 Å². The van der Waals surface area contributed by atoms with E-state index in [4.69, 9.17) is 0 Å². The van der Waals surface area contributed by atoms with Crippen molar-refractivity contribution in [1.82, 2.24) is 15.1 Å². The smallest absolute Gasteiger partial charge is 0.251 e. The SMILES string of the molecule is CC(CC(=O)N1CCN(Cc2ccc(C(C)C)cc2)CC1)NC(=O)c1ccccc1. The third-order valence-electron chi connectivity index (χ3n) is 5.67. The first kappa shape index (κ1) is 22.0. The Labute approximate surface area is 180 Å². The Morgan fingerprint density at radius 3 is 2.13 bits per heavy atom. The summed E-state index contributed by atoms with van der Waals surface area (Å²) < 4.78 is 0. The van der Waals surface area contributed by atoms with Gasteiger partial charge in [0.25, 0.3) is 5.91 Å². The van der Waals surface area contributed by atoms with Crippen LogP contribution in [0.1, 0.15) is 54.6 Å². The highest BCUT2D eigenvalue weighted by Gasteiger charge is 2.23. The van der Waals surface area contributed by atoms with E-state index < -0.39 is 0 Å². The first-order valence-electron chi connectivity index (χ1n) is 10.9. The molecule has 2 aromatic carbocycles. The lowest BCUT2D eigenvalue weighted by molar-refractivity contribution is -0.133. The van der Waals surface area contributed by atoms with E-state index in [1.807, 2.05) is 30.0 Å². The largest absolute Gasteiger partial charge is 0.349 e. The molecule has 1 aliphatic rings. The third-order valence-corrected chi connectivity index (χ3v) is 5.67. The fourth-order valence-electron chi connectivity index (χ4n) is 3.76. The molecule has 1 unspecified atom stereocenters. The number of hydrogen-bond donors (Lipinski definition) is 1. The lowest BCUT2D eigenvalue weighted by Crippen LogP contribution is -2.49. The average Bonchev–Trinajstić information content (AvgIpc) is 2.75. The molecule has 5 heteroatoms. The predicted molar refractivity (Wildman–Crippen MR) is 120 cm³/mol. The number of nitrogens with zero attached hydrogens (tertiary/aromatic N) is 2. The van der Waals surface area contributed by atoms with Crippen LogP contribution in [0.2, 0.25) is 0 Å². The van der Waals surface area contributed by atoms with E-state index >= 15 is 0 Å². The highest BCUT2D eigenvalue weighted by molar-refractivity contribution is 5.94. The molecule has 0 spiro atoms. The molecule has 1 N–H and O–H groups in total. The van der Waals surface area contributed by atoms with E-state index in [1.54, 1.807) is 12.1 Å². The van der Waals surface area contributed by atoms with E-state index in [1.165, 1.54) is 11.1 Å². The summed E-state index contributed by atoms with van der Waals surface area (Å²) in [6.45, 7) is 10.5. The van der Waals surface area contributed by atoms with Gasteiger partial charge in [0.05, 0.1) is 0 Å². The van der Waals surface area contributed by atoms with Crippen molar-refractivity contribution in [2.75, 3.05) is 26.2 Å². The van der Waals surface area contributed by atoms with Crippen LogP contribution in [0.3, 0.4) is 0 Å². The zero-order valence-corrected chi connectivity index (χ0v) is 18.3. The minimum Gasteiger partial charge on any atom is -0.349 e. The summed E-state index contributed by atoms with van der Waals surface area (Å²) in [6, 6.07) is 17.8. The zero-order chi connectivity index (χ0) is 21.5. The molecule has 2 aromatic rings. The van der Waals surface area contributed by atoms with Gasteiger partial charge >= 0.3 is 0 Å². The van der Waals surface area contributed by atoms with Gasteiger partial charge in [-0.2, -0.15) is 0 Å². The molecule has 30 heavy (non-hydrogen) atoms. The normalized spacial score (nSPS) is 15.8. The summed E-state index contributed by atoms with van der Waals surface area (Å²) in [6.07, 6.45) is 0.329. The third kappa shape index (κ3) is 6.17. The van der Waals surface area contributed by atoms with E-state index in [0.717, 1.165) is 32.7 Å². The number of piperazine rings is 1. The summed E-state index contributed by atoms with van der Waals surface area (Å²) in [5.41, 5.74) is 3.30. The van der Waals surface area contributed by atoms with Crippen molar-refractivity contribution < 1.29 is 9.59 Å². The molecule has 3 rings (SSSR count). The summed E-state index contributed by atoms with van der Waals surface area (Å²) in [5.74, 6) is 0.523. The molecule has 0 bridgehead atoms. The maximum Gasteiger partial charge on any atom is 0.251 e. The Kier molecular flexibility index (Phi) is 7.63. The van der Waals surface area contributed by atoms with Crippen LogP contribution in [0.4, 0.5) is 0 Å². The second-order valence-corrected chi connectivity index (χ2v) is 8.50. The summed E-state index contributed by atoms with van der Waals surface area (Å²) in [7, 11) is 0. The molecule has 0 aliphatic carbocycles. The maximum absolute atomic E-state index is 12.6. The first-order chi connectivity index (χ1) is 14.4. The topological polar surface area (TPSA) is 52.7 Å². The fraction of sp³-hybridized carbons (Fsp3) is 0.440. The van der Waals surface area contributed by atoms with Gasteiger partial charge in [0, 0.05) is 50.7 Å². The van der Waals surface area contributed by atoms with Crippen molar-refractivity contribution in [1.29, 1.82) is 0 Å². The number of carbonyl (C=O) groups excluding carboxylic acids is 2. The molecule has 1 aliphatic heterocycles. The number of hydrogen-bond acceptors (Lipinski definition) is 3. The number of rotatable bonds is 7. The van der Waals surface area contributed by atoms with Crippen LogP contribution in [-0.4, -0.2) is 53.8 Å². The minimum absolute atomic E-state index is 0.108. The highest BCUT2D eigenvalue weighted by Crippen LogP contribution is 2.16. The molecule has 0 radical (unpaired) electrons. The van der Waals surface area contributed by atoms with Crippen molar-refractivity contribution in [2.24, 2.45) is 0 Å². The standard InChI is InChI=1S/C25H33N3O2/c1-19(2)22-11-9-21(10-12-22)18-27-13-15-28(16-14-27)24(29)17-20(3)26-25(30)23-7-5-4-6-8-23/h4-12,19-20H,13-18H2,1-3H3,(H,26,30). The lowest BCUT2D eigenvalue weighted by Gasteiger charge is -2.35. The molecule has 0 saturated carbocycles. The van der Waals surface area contributed by atoms with E-state index in [0.29, 0.717) is 17.9 Å². The quantitative estimate of drug-likeness (QED) is 0.762. The molecule has 1 fully saturated rings. The van der Waals surface area contributed by atoms with Gasteiger partial charge < -0.3 is 10.2 Å². The van der Waals surface area contributed by atoms with Gasteiger partial charge in [-0.3, -0.25) is 14.5 Å². The molecular formula is C25H33N3O2. The Balaban J connectivity index is 1.41. The summed E-state index contributed by atoms with van der Waals surface area (Å²) >= 11 is 0. The highest BCUT2D eigenvalue weighted by atomic mass is 16.2. The van der Waals surface area contributed by atoms with E-state index in [9.17, 15) is 9.59 Å². The number of nitrogens with one attached hydrogen (secondary N) is 1. The lowest BCUT2D eigenvalue weighted by atomic mass is 10.0. The first-order valence-corrected chi connectivity index (χ1v) is 10.9. The predicted octanol–water partition coefficient (Wildman–Crippen LogP) is 3.66. The second-order valence-electron chi connectivity index (χ2n) is 8.50. The van der Waals surface area contributed by atoms with Crippen LogP contribution in [0.25, 0.3) is 0 Å². The van der Waals surface area contributed by atoms with Gasteiger partial charge in [-0.05, 0) is 36.1 Å². The van der Waals surface area contributed by atoms with E-state index in [2.05, 4.69) is 48.3 Å². The van der Waals surface area contributed by atoms with Crippen LogP contribution in [0, 0.1) is 0 Å². The van der Waals surface area contributed by atoms with Gasteiger partial charge in [-0.25, -0.2) is 0 Å². The maximum atomic E-state index is 12.6. The van der Waals surface area contributed by atoms with Crippen LogP contribution >= 0.6 is 0 Å². The van der Waals surface area contributed by atoms with Gasteiger partial charge in [-0.15, -0.1) is 0 Å². The molecule has 1 heterocycles. The number of amides is 2. The second kappa shape index (κ2) is 10.4. The van der Waals surface area contributed by atoms with Crippen molar-refractivity contribution in [2.45, 2.75) is 45.7 Å². The van der Waals surface area contributed by atoms with Gasteiger partial charge in [0.1, 0.15) is 0 Å². The molecule has 0 aromatic heterocycles. The fourth-order valence-corrected chi connectivity index (χ4v) is 3.76. The van der Waals surface area contributed by atoms with Crippen molar-refractivity contribution >= 4 is 11.8 Å². The summed E-state index contributed by atoms with van der Waals surface area (Å²) in [4.78, 5) is 29.2.